The number of aromatic nitrogens is 2. The Bertz CT molecular complexity index is 554. The molecule has 1 heterocycles. The third-order valence-corrected chi connectivity index (χ3v) is 4.29. The summed E-state index contributed by atoms with van der Waals surface area (Å²) in [7, 11) is -3.04. The molecule has 0 saturated heterocycles. The molecule has 0 atom stereocenters. The average Bonchev–Trinajstić information content (AvgIpc) is 2.95. The fourth-order valence-corrected chi connectivity index (χ4v) is 2.68. The molecule has 1 aromatic heterocycles. The molecule has 1 fully saturated rings. The molecule has 0 amide bonds. The van der Waals surface area contributed by atoms with Gasteiger partial charge in [0.25, 0.3) is 5.56 Å². The van der Waals surface area contributed by atoms with Crippen LogP contribution in [0.5, 0.6) is 0 Å². The van der Waals surface area contributed by atoms with Crippen molar-refractivity contribution in [3.8, 4) is 0 Å². The van der Waals surface area contributed by atoms with Gasteiger partial charge in [0.05, 0.1) is 18.0 Å². The molecule has 0 radical (unpaired) electrons. The second-order valence-electron chi connectivity index (χ2n) is 4.20. The lowest BCUT2D eigenvalue weighted by Gasteiger charge is -2.00. The first-order valence-electron chi connectivity index (χ1n) is 5.04. The fourth-order valence-electron chi connectivity index (χ4n) is 1.54. The van der Waals surface area contributed by atoms with E-state index in [-0.39, 0.29) is 17.9 Å². The van der Waals surface area contributed by atoms with Gasteiger partial charge in [-0.25, -0.2) is 8.42 Å². The minimum atomic E-state index is -3.04. The maximum atomic E-state index is 11.7. The van der Waals surface area contributed by atoms with Gasteiger partial charge in [-0.3, -0.25) is 14.6 Å². The fraction of sp³-hybridized carbons (Fsp3) is 0.667. The van der Waals surface area contributed by atoms with E-state index in [1.165, 1.54) is 4.68 Å². The highest BCUT2D eigenvalue weighted by molar-refractivity contribution is 9.10. The number of sulfone groups is 1. The molecule has 1 saturated carbocycles. The van der Waals surface area contributed by atoms with Crippen LogP contribution in [0.3, 0.4) is 0 Å². The Hall–Kier alpha value is -0.560. The molecule has 5 nitrogen and oxygen atoms in total. The molecule has 1 N–H and O–H groups in total. The number of nitrogens with one attached hydrogen (secondary N) is 1. The van der Waals surface area contributed by atoms with Gasteiger partial charge in [0.1, 0.15) is 14.3 Å². The maximum Gasteiger partial charge on any atom is 0.281 e. The third kappa shape index (κ3) is 2.57. The van der Waals surface area contributed by atoms with Crippen LogP contribution in [0.4, 0.5) is 0 Å². The van der Waals surface area contributed by atoms with E-state index in [1.54, 1.807) is 0 Å². The van der Waals surface area contributed by atoms with E-state index in [0.29, 0.717) is 10.4 Å². The number of hydrogen-bond donors (Lipinski definition) is 1. The molecule has 0 aliphatic heterocycles. The molecule has 0 unspecified atom stereocenters. The quantitative estimate of drug-likeness (QED) is 0.896. The molecular formula is C9H13BrN2O3S. The number of aromatic amines is 1. The Labute approximate surface area is 102 Å². The highest BCUT2D eigenvalue weighted by Gasteiger charge is 2.29. The lowest BCUT2D eigenvalue weighted by Crippen LogP contribution is -2.21. The second kappa shape index (κ2) is 4.03. The summed E-state index contributed by atoms with van der Waals surface area (Å²) in [6.07, 6.45) is 3.34. The summed E-state index contributed by atoms with van der Waals surface area (Å²) in [5.41, 5.74) is 0.726. The van der Waals surface area contributed by atoms with Crippen molar-refractivity contribution in [3.63, 3.8) is 0 Å². The molecule has 2 rings (SSSR count). The molecule has 1 aromatic rings. The SMILES string of the molecule is CS(=O)(=O)CCn1[nH]c(C2CC2)c(Br)c1=O. The summed E-state index contributed by atoms with van der Waals surface area (Å²) >= 11 is 3.25. The first-order valence-corrected chi connectivity index (χ1v) is 7.90. The summed E-state index contributed by atoms with van der Waals surface area (Å²) < 4.78 is 23.9. The van der Waals surface area contributed by atoms with Gasteiger partial charge < -0.3 is 0 Å². The number of rotatable bonds is 4. The van der Waals surface area contributed by atoms with Crippen LogP contribution in [0, 0.1) is 0 Å². The van der Waals surface area contributed by atoms with Gasteiger partial charge >= 0.3 is 0 Å². The molecule has 7 heteroatoms. The first-order chi connectivity index (χ1) is 7.38. The standard InChI is InChI=1S/C9H13BrN2O3S/c1-16(14,15)5-4-12-9(13)7(10)8(11-12)6-2-3-6/h6,11H,2-5H2,1H3. The molecule has 0 aromatic carbocycles. The highest BCUT2D eigenvalue weighted by atomic mass is 79.9. The zero-order chi connectivity index (χ0) is 11.9. The van der Waals surface area contributed by atoms with Crippen molar-refractivity contribution in [2.75, 3.05) is 12.0 Å². The van der Waals surface area contributed by atoms with E-state index in [0.717, 1.165) is 24.8 Å². The molecular weight excluding hydrogens is 296 g/mol. The zero-order valence-electron chi connectivity index (χ0n) is 8.86. The predicted octanol–water partition coefficient (Wildman–Crippen LogP) is 0.861. The van der Waals surface area contributed by atoms with Crippen LogP contribution < -0.4 is 5.56 Å². The highest BCUT2D eigenvalue weighted by Crippen LogP contribution is 2.41. The van der Waals surface area contributed by atoms with Gasteiger partial charge in [0, 0.05) is 12.2 Å². The summed E-state index contributed by atoms with van der Waals surface area (Å²) in [6, 6.07) is 0. The average molecular weight is 309 g/mol. The Morgan fingerprint density at radius 3 is 2.62 bits per heavy atom. The van der Waals surface area contributed by atoms with E-state index in [4.69, 9.17) is 0 Å². The van der Waals surface area contributed by atoms with Crippen LogP contribution in [0.15, 0.2) is 9.27 Å². The molecule has 16 heavy (non-hydrogen) atoms. The minimum absolute atomic E-state index is 0.0238. The predicted molar refractivity (Wildman–Crippen MR) is 64.4 cm³/mol. The second-order valence-corrected chi connectivity index (χ2v) is 7.25. The molecule has 90 valence electrons. The molecule has 1 aliphatic rings. The van der Waals surface area contributed by atoms with Crippen molar-refractivity contribution in [2.24, 2.45) is 0 Å². The van der Waals surface area contributed by atoms with E-state index < -0.39 is 9.84 Å². The van der Waals surface area contributed by atoms with Gasteiger partial charge in [0.15, 0.2) is 0 Å². The normalized spacial score (nSPS) is 16.6. The molecule has 1 aliphatic carbocycles. The summed E-state index contributed by atoms with van der Waals surface area (Å²) in [6.45, 7) is 0.184. The van der Waals surface area contributed by atoms with Crippen molar-refractivity contribution in [1.82, 2.24) is 9.78 Å². The van der Waals surface area contributed by atoms with Crippen LogP contribution in [-0.4, -0.2) is 30.2 Å². The van der Waals surface area contributed by atoms with Gasteiger partial charge in [-0.1, -0.05) is 0 Å². The van der Waals surface area contributed by atoms with Gasteiger partial charge in [-0.2, -0.15) is 0 Å². The van der Waals surface area contributed by atoms with Crippen molar-refractivity contribution in [2.45, 2.75) is 25.3 Å². The van der Waals surface area contributed by atoms with Gasteiger partial charge in [-0.15, -0.1) is 0 Å². The lowest BCUT2D eigenvalue weighted by molar-refractivity contribution is 0.579. The topological polar surface area (TPSA) is 71.9 Å². The summed E-state index contributed by atoms with van der Waals surface area (Å²) in [5.74, 6) is 0.408. The van der Waals surface area contributed by atoms with E-state index in [2.05, 4.69) is 21.0 Å². The molecule has 0 spiro atoms. The Kier molecular flexibility index (Phi) is 3.00. The third-order valence-electron chi connectivity index (χ3n) is 2.60. The minimum Gasteiger partial charge on any atom is -0.298 e. The van der Waals surface area contributed by atoms with Gasteiger partial charge in [-0.05, 0) is 28.8 Å². The van der Waals surface area contributed by atoms with Crippen molar-refractivity contribution in [1.29, 1.82) is 0 Å². The Balaban J connectivity index is 2.22. The van der Waals surface area contributed by atoms with Crippen LogP contribution in [0.1, 0.15) is 24.5 Å². The number of aryl methyl sites for hydroxylation is 1. The van der Waals surface area contributed by atoms with E-state index in [9.17, 15) is 13.2 Å². The number of nitrogens with zero attached hydrogens (tertiary/aromatic N) is 1. The van der Waals surface area contributed by atoms with Gasteiger partial charge in [0.2, 0.25) is 0 Å². The lowest BCUT2D eigenvalue weighted by atomic mass is 10.3. The number of H-pyrrole nitrogens is 1. The Morgan fingerprint density at radius 1 is 1.50 bits per heavy atom. The molecule has 0 bridgehead atoms. The zero-order valence-corrected chi connectivity index (χ0v) is 11.3. The number of halogens is 1. The summed E-state index contributed by atoms with van der Waals surface area (Å²) in [5, 5.41) is 2.98. The Morgan fingerprint density at radius 2 is 2.12 bits per heavy atom. The van der Waals surface area contributed by atoms with Crippen molar-refractivity contribution in [3.05, 3.63) is 20.5 Å². The van der Waals surface area contributed by atoms with Crippen LogP contribution in [0.2, 0.25) is 0 Å². The monoisotopic (exact) mass is 308 g/mol. The van der Waals surface area contributed by atoms with Crippen LogP contribution in [-0.2, 0) is 16.4 Å². The van der Waals surface area contributed by atoms with Crippen molar-refractivity contribution >= 4 is 25.8 Å². The van der Waals surface area contributed by atoms with Crippen LogP contribution in [0.25, 0.3) is 0 Å². The first kappa shape index (κ1) is 11.9. The van der Waals surface area contributed by atoms with E-state index in [1.807, 2.05) is 0 Å². The summed E-state index contributed by atoms with van der Waals surface area (Å²) in [4.78, 5) is 11.7. The van der Waals surface area contributed by atoms with Crippen LogP contribution >= 0.6 is 15.9 Å². The smallest absolute Gasteiger partial charge is 0.281 e. The number of hydrogen-bond acceptors (Lipinski definition) is 3. The van der Waals surface area contributed by atoms with E-state index >= 15 is 0 Å². The van der Waals surface area contributed by atoms with Crippen molar-refractivity contribution < 1.29 is 8.42 Å². The largest absolute Gasteiger partial charge is 0.298 e. The maximum absolute atomic E-state index is 11.7.